The Morgan fingerprint density at radius 2 is 0.783 bits per heavy atom. The number of hydrazine groups is 3. The molecule has 120 heavy (non-hydrogen) atoms. The van der Waals surface area contributed by atoms with E-state index in [1.54, 1.807) is 122 Å². The first-order chi connectivity index (χ1) is 57.7. The number of rotatable bonds is 23. The highest BCUT2D eigenvalue weighted by Gasteiger charge is 2.31. The fourth-order valence-electron chi connectivity index (χ4n) is 13.1. The van der Waals surface area contributed by atoms with Crippen molar-refractivity contribution in [3.05, 3.63) is 334 Å². The summed E-state index contributed by atoms with van der Waals surface area (Å²) in [5.74, 6) is -1.14. The Morgan fingerprint density at radius 3 is 1.18 bits per heavy atom. The third-order valence-electron chi connectivity index (χ3n) is 19.5. The highest BCUT2D eigenvalue weighted by atomic mass is 19.1. The number of benzene rings is 9. The standard InChI is InChI=1S/C27H24FN7O6.C27H25N7O6.C26H26N6O7/c1-17-14-19(34(38)39)7-9-25(17)41-31-35(40)33-12-10-32(11-13-33)27(37)22-15-18(6-8-23(22)28)16-24-20-4-2-3-5-21(20)26(36)30-29-24;1-18-15-21(33(37)38)9-10-25(18)40-30-34(39)32-13-11-31(12-14-32)27(36)20-6-4-5-19(16-20)17-24-22-7-2-3-8-23(22)26(35)29-28-24;1-18-15-21(31(35)36)9-10-23(18)39-28-32(37)30-13-11-29(12-14-30)26(34)20-6-4-5-19(16-20)17-38-24-8-3-2-7-22(24)25(27)33/h2-9,14-15H,10-13,16H2,1H3,(H,30,36);2-10,15-16H,11-14,17H2,1H3,(H,29,35);2-10,15-16H,11-14,17H2,1H3,(H2,27,33)/b35-31-;34-30-;32-28-. The van der Waals surface area contributed by atoms with Crippen molar-refractivity contribution in [3.8, 4) is 23.0 Å². The first-order valence-electron chi connectivity index (χ1n) is 37.1. The molecule has 0 bridgehead atoms. The number of H-pyrrole nitrogens is 2. The minimum atomic E-state index is -0.673. The van der Waals surface area contributed by atoms with Crippen molar-refractivity contribution >= 4 is 62.2 Å². The maximum absolute atomic E-state index is 14.7. The predicted octanol–water partition coefficient (Wildman–Crippen LogP) is 10.1. The van der Waals surface area contributed by atoms with Crippen LogP contribution in [0.25, 0.3) is 21.5 Å². The largest absolute Gasteiger partial charge is 0.569 e. The van der Waals surface area contributed by atoms with Gasteiger partial charge in [0, 0.05) is 127 Å². The van der Waals surface area contributed by atoms with Crippen LogP contribution in [0.2, 0.25) is 0 Å². The van der Waals surface area contributed by atoms with E-state index in [1.165, 1.54) is 86.7 Å². The summed E-state index contributed by atoms with van der Waals surface area (Å²) in [6.45, 7) is 7.61. The highest BCUT2D eigenvalue weighted by molar-refractivity contribution is 5.97. The summed E-state index contributed by atoms with van der Waals surface area (Å²) >= 11 is 0. The quantitative estimate of drug-likeness (QED) is 0.0232. The van der Waals surface area contributed by atoms with Gasteiger partial charge in [-0.2, -0.15) is 10.2 Å². The summed E-state index contributed by atoms with van der Waals surface area (Å²) < 4.78 is 20.5. The number of nitrogens with two attached hydrogens (primary N) is 1. The number of amides is 4. The van der Waals surface area contributed by atoms with Gasteiger partial charge in [0.05, 0.1) is 102 Å². The number of nitrogens with one attached hydrogen (secondary N) is 2. The molecule has 40 heteroatoms. The molecule has 616 valence electrons. The summed E-state index contributed by atoms with van der Waals surface area (Å²) in [4.78, 5) is 127. The van der Waals surface area contributed by atoms with Crippen molar-refractivity contribution in [1.29, 1.82) is 0 Å². The number of para-hydroxylation sites is 1. The molecule has 14 rings (SSSR count). The molecule has 0 atom stereocenters. The predicted molar refractivity (Wildman–Crippen MR) is 425 cm³/mol. The molecule has 0 spiro atoms. The Morgan fingerprint density at radius 1 is 0.417 bits per heavy atom. The fourth-order valence-corrected chi connectivity index (χ4v) is 13.1. The summed E-state index contributed by atoms with van der Waals surface area (Å²) in [5.41, 5.74) is 10.6. The van der Waals surface area contributed by atoms with Gasteiger partial charge >= 0.3 is 0 Å². The van der Waals surface area contributed by atoms with Crippen molar-refractivity contribution in [1.82, 2.24) is 50.1 Å². The smallest absolute Gasteiger partial charge is 0.272 e. The Hall–Kier alpha value is -15.9. The Bertz CT molecular complexity index is 5970. The molecule has 2 aromatic heterocycles. The Labute approximate surface area is 679 Å². The molecule has 0 unspecified atom stereocenters. The molecule has 3 aliphatic rings. The lowest BCUT2D eigenvalue weighted by molar-refractivity contribution is -0.708. The number of ether oxygens (including phenoxy) is 1. The third-order valence-corrected chi connectivity index (χ3v) is 19.5. The van der Waals surface area contributed by atoms with Crippen LogP contribution in [-0.2, 0) is 19.4 Å². The SMILES string of the molecule is Cc1cc([N+](=O)[O-])ccc1O/N=[N+](\[O-])N1CCN(C(=O)c2cc(Cc3n[nH]c(=O)c4ccccc34)ccc2F)CC1.Cc1cc([N+](=O)[O-])ccc1O/N=[N+](\[O-])N1CCN(C(=O)c2cccc(COc3ccccc3C(N)=O)c2)CC1.Cc1cc([N+](=O)[O-])ccc1O/N=[N+](\[O-])N1CCN(C(=O)c2cccc(Cc3n[nH]c(=O)c4ccccc34)c2)CC1. The van der Waals surface area contributed by atoms with Crippen LogP contribution in [0.15, 0.2) is 220 Å². The molecule has 0 saturated carbocycles. The maximum Gasteiger partial charge on any atom is 0.272 e. The van der Waals surface area contributed by atoms with Crippen LogP contribution in [0, 0.1) is 72.6 Å². The second-order valence-corrected chi connectivity index (χ2v) is 27.4. The van der Waals surface area contributed by atoms with Gasteiger partial charge < -0.3 is 55.3 Å². The van der Waals surface area contributed by atoms with Crippen LogP contribution >= 0.6 is 0 Å². The van der Waals surface area contributed by atoms with Gasteiger partial charge in [-0.15, -0.1) is 15.0 Å². The lowest BCUT2D eigenvalue weighted by Gasteiger charge is -2.31. The van der Waals surface area contributed by atoms with Gasteiger partial charge in [0.15, 0.2) is 17.2 Å². The topological polar surface area (TPSA) is 487 Å². The van der Waals surface area contributed by atoms with E-state index >= 15 is 0 Å². The van der Waals surface area contributed by atoms with Gasteiger partial charge in [-0.3, -0.25) is 59.1 Å². The lowest BCUT2D eigenvalue weighted by Crippen LogP contribution is -2.50. The van der Waals surface area contributed by atoms with E-state index in [0.717, 1.165) is 16.5 Å². The number of carbonyl (C=O) groups excluding carboxylic acids is 4. The maximum atomic E-state index is 14.7. The van der Waals surface area contributed by atoms with Crippen molar-refractivity contribution in [2.24, 2.45) is 21.6 Å². The average Bonchev–Trinajstić information content (AvgIpc) is 0.804. The zero-order valence-electron chi connectivity index (χ0n) is 64.4. The number of non-ortho nitro benzene ring substituents is 3. The zero-order chi connectivity index (χ0) is 85.3. The van der Waals surface area contributed by atoms with E-state index in [4.69, 9.17) is 25.0 Å². The number of halogens is 1. The molecule has 11 aromatic rings. The molecule has 3 aliphatic heterocycles. The van der Waals surface area contributed by atoms with Crippen molar-refractivity contribution in [3.63, 3.8) is 0 Å². The molecule has 3 saturated heterocycles. The van der Waals surface area contributed by atoms with E-state index in [0.29, 0.717) is 96.1 Å². The number of aryl methyl sites for hydroxylation is 3. The lowest BCUT2D eigenvalue weighted by atomic mass is 10.0. The van der Waals surface area contributed by atoms with E-state index in [9.17, 15) is 79.1 Å². The van der Waals surface area contributed by atoms with Crippen molar-refractivity contribution in [2.75, 3.05) is 78.5 Å². The van der Waals surface area contributed by atoms with Crippen LogP contribution in [0.4, 0.5) is 21.5 Å². The summed E-state index contributed by atoms with van der Waals surface area (Å²) in [6.07, 6.45) is 0.708. The molecular formula is C80H75FN20O19. The first-order valence-corrected chi connectivity index (χ1v) is 37.1. The summed E-state index contributed by atoms with van der Waals surface area (Å²) in [7, 11) is 0. The molecule has 5 heterocycles. The number of fused-ring (bicyclic) bond motifs is 2. The minimum Gasteiger partial charge on any atom is -0.569 e. The average molecular weight is 1640 g/mol. The van der Waals surface area contributed by atoms with E-state index in [-0.39, 0.29) is 152 Å². The van der Waals surface area contributed by atoms with E-state index in [1.807, 2.05) is 36.4 Å². The van der Waals surface area contributed by atoms with Gasteiger partial charge in [0.2, 0.25) is 15.8 Å². The number of hydrogen-bond acceptors (Lipinski definition) is 24. The molecule has 39 nitrogen and oxygen atoms in total. The van der Waals surface area contributed by atoms with Gasteiger partial charge in [-0.25, -0.2) is 14.6 Å². The van der Waals surface area contributed by atoms with Crippen LogP contribution in [-0.4, -0.2) is 182 Å². The monoisotopic (exact) mass is 1640 g/mol. The molecule has 0 radical (unpaired) electrons. The zero-order valence-corrected chi connectivity index (χ0v) is 64.4. The molecular weight excluding hydrogens is 1560 g/mol. The number of aromatic nitrogens is 4. The third kappa shape index (κ3) is 20.6. The van der Waals surface area contributed by atoms with Crippen LogP contribution in [0.3, 0.4) is 0 Å². The van der Waals surface area contributed by atoms with Gasteiger partial charge in [0.25, 0.3) is 51.8 Å². The molecule has 4 N–H and O–H groups in total. The number of nitro groups is 3. The molecule has 4 amide bonds. The molecule has 9 aromatic carbocycles. The van der Waals surface area contributed by atoms with E-state index < -0.39 is 32.4 Å². The number of nitro benzene ring substituents is 3. The number of aromatic amines is 2. The first kappa shape index (κ1) is 83.5. The highest BCUT2D eigenvalue weighted by Crippen LogP contribution is 2.29. The number of primary amides is 1. The van der Waals surface area contributed by atoms with Gasteiger partial charge in [-0.05, 0) is 116 Å². The number of nitrogens with zero attached hydrogens (tertiary/aromatic N) is 17. The summed E-state index contributed by atoms with van der Waals surface area (Å²) in [5, 5.41) is 100. The van der Waals surface area contributed by atoms with Crippen LogP contribution in [0.1, 0.15) is 86.2 Å². The Balaban J connectivity index is 0.000000165. The Kier molecular flexibility index (Phi) is 26.5. The van der Waals surface area contributed by atoms with Crippen molar-refractivity contribution < 1.29 is 72.5 Å². The molecule has 3 fully saturated rings. The van der Waals surface area contributed by atoms with Gasteiger partial charge in [0.1, 0.15) is 18.2 Å². The fraction of sp³-hybridized carbons (Fsp3) is 0.225. The van der Waals surface area contributed by atoms with Crippen molar-refractivity contribution in [2.45, 2.75) is 40.2 Å². The van der Waals surface area contributed by atoms with Crippen LogP contribution in [0.5, 0.6) is 23.0 Å². The number of piperazine rings is 3. The second-order valence-electron chi connectivity index (χ2n) is 27.4. The number of hydrogen-bond donors (Lipinski definition) is 3. The van der Waals surface area contributed by atoms with E-state index in [2.05, 4.69) is 36.2 Å². The number of carbonyl (C=O) groups is 4. The van der Waals surface area contributed by atoms with Gasteiger partial charge in [-0.1, -0.05) is 78.9 Å². The van der Waals surface area contributed by atoms with Crippen LogP contribution < -0.4 is 36.1 Å². The minimum absolute atomic E-state index is 0.0864. The normalized spacial score (nSPS) is 13.8. The summed E-state index contributed by atoms with van der Waals surface area (Å²) in [6, 6.07) is 51.3. The second kappa shape index (κ2) is 38.0. The molecule has 0 aliphatic carbocycles.